The molecule has 0 fully saturated rings. The van der Waals surface area contributed by atoms with Crippen LogP contribution < -0.4 is 16.0 Å². The van der Waals surface area contributed by atoms with Gasteiger partial charge in [0, 0.05) is 6.07 Å². The highest BCUT2D eigenvalue weighted by Gasteiger charge is 2.03. The third kappa shape index (κ3) is 3.23. The number of H-pyrrole nitrogens is 2. The lowest BCUT2D eigenvalue weighted by atomic mass is 10.2. The number of hydrogen-bond acceptors (Lipinski definition) is 3. The molecular formula is C13H18N2O3. The van der Waals surface area contributed by atoms with Gasteiger partial charge in [0.25, 0.3) is 5.56 Å². The maximum absolute atomic E-state index is 11.4. The maximum Gasteiger partial charge on any atom is 0.326 e. The van der Waals surface area contributed by atoms with Crippen molar-refractivity contribution in [2.75, 3.05) is 0 Å². The van der Waals surface area contributed by atoms with E-state index in [2.05, 4.69) is 9.97 Å². The van der Waals surface area contributed by atoms with Gasteiger partial charge in [-0.15, -0.1) is 0 Å². The molecule has 0 saturated heterocycles. The fourth-order valence-corrected chi connectivity index (χ4v) is 1.49. The van der Waals surface area contributed by atoms with Crippen LogP contribution in [0.1, 0.15) is 27.7 Å². The number of benzene rings is 1. The second-order valence-corrected chi connectivity index (χ2v) is 3.78. The van der Waals surface area contributed by atoms with E-state index < -0.39 is 11.2 Å². The molecule has 0 aliphatic carbocycles. The summed E-state index contributed by atoms with van der Waals surface area (Å²) in [5.74, 6) is 0.628. The summed E-state index contributed by atoms with van der Waals surface area (Å²) in [6, 6.07) is 4.98. The first-order valence-corrected chi connectivity index (χ1v) is 5.99. The minimum absolute atomic E-state index is 0.0474. The quantitative estimate of drug-likeness (QED) is 0.856. The van der Waals surface area contributed by atoms with Crippen molar-refractivity contribution in [2.24, 2.45) is 0 Å². The number of aromatic nitrogens is 2. The summed E-state index contributed by atoms with van der Waals surface area (Å²) >= 11 is 0. The van der Waals surface area contributed by atoms with Gasteiger partial charge in [-0.3, -0.25) is 9.78 Å². The molecule has 0 radical (unpaired) electrons. The summed E-state index contributed by atoms with van der Waals surface area (Å²) in [5.41, 5.74) is -0.430. The van der Waals surface area contributed by atoms with Crippen molar-refractivity contribution < 1.29 is 4.74 Å². The van der Waals surface area contributed by atoms with Crippen LogP contribution in [0.3, 0.4) is 0 Å². The van der Waals surface area contributed by atoms with Crippen molar-refractivity contribution in [3.63, 3.8) is 0 Å². The second kappa shape index (κ2) is 6.05. The van der Waals surface area contributed by atoms with Crippen molar-refractivity contribution in [1.29, 1.82) is 0 Å². The van der Waals surface area contributed by atoms with E-state index in [-0.39, 0.29) is 6.10 Å². The number of hydrogen-bond donors (Lipinski definition) is 2. The fraction of sp³-hybridized carbons (Fsp3) is 0.385. The molecule has 18 heavy (non-hydrogen) atoms. The molecule has 2 rings (SSSR count). The van der Waals surface area contributed by atoms with Crippen LogP contribution in [0.4, 0.5) is 0 Å². The summed E-state index contributed by atoms with van der Waals surface area (Å²) in [4.78, 5) is 27.2. The number of fused-ring (bicyclic) bond motifs is 1. The first kappa shape index (κ1) is 14.0. The summed E-state index contributed by atoms with van der Waals surface area (Å²) in [7, 11) is 0. The van der Waals surface area contributed by atoms with Gasteiger partial charge in [-0.25, -0.2) is 4.79 Å². The zero-order chi connectivity index (χ0) is 13.7. The van der Waals surface area contributed by atoms with Crippen LogP contribution in [0.5, 0.6) is 5.75 Å². The van der Waals surface area contributed by atoms with E-state index in [1.54, 1.807) is 18.2 Å². The highest BCUT2D eigenvalue weighted by molar-refractivity contribution is 5.78. The number of ether oxygens (including phenoxy) is 1. The van der Waals surface area contributed by atoms with Crippen LogP contribution >= 0.6 is 0 Å². The molecule has 0 atom stereocenters. The first-order valence-electron chi connectivity index (χ1n) is 5.99. The average molecular weight is 250 g/mol. The molecule has 1 aromatic heterocycles. The van der Waals surface area contributed by atoms with E-state index in [0.29, 0.717) is 16.7 Å². The van der Waals surface area contributed by atoms with Gasteiger partial charge in [0.1, 0.15) is 5.75 Å². The molecule has 1 aromatic carbocycles. The molecule has 5 heteroatoms. The van der Waals surface area contributed by atoms with E-state index in [4.69, 9.17) is 4.74 Å². The van der Waals surface area contributed by atoms with Gasteiger partial charge in [-0.2, -0.15) is 0 Å². The Balaban J connectivity index is 0.000000771. The topological polar surface area (TPSA) is 75.0 Å². The highest BCUT2D eigenvalue weighted by atomic mass is 16.5. The molecule has 5 nitrogen and oxygen atoms in total. The average Bonchev–Trinajstić information content (AvgIpc) is 2.30. The molecule has 98 valence electrons. The maximum atomic E-state index is 11.4. The largest absolute Gasteiger partial charge is 0.491 e. The van der Waals surface area contributed by atoms with E-state index in [9.17, 15) is 9.59 Å². The smallest absolute Gasteiger partial charge is 0.326 e. The van der Waals surface area contributed by atoms with E-state index in [0.717, 1.165) is 0 Å². The third-order valence-corrected chi connectivity index (χ3v) is 2.08. The van der Waals surface area contributed by atoms with Crippen molar-refractivity contribution >= 4 is 10.9 Å². The second-order valence-electron chi connectivity index (χ2n) is 3.78. The van der Waals surface area contributed by atoms with E-state index in [1.807, 2.05) is 27.7 Å². The normalized spacial score (nSPS) is 10.1. The summed E-state index contributed by atoms with van der Waals surface area (Å²) in [6.45, 7) is 7.81. The van der Waals surface area contributed by atoms with Crippen LogP contribution in [0.2, 0.25) is 0 Å². The van der Waals surface area contributed by atoms with Crippen molar-refractivity contribution in [3.05, 3.63) is 39.0 Å². The molecule has 1 heterocycles. The molecule has 0 unspecified atom stereocenters. The van der Waals surface area contributed by atoms with Crippen molar-refractivity contribution in [3.8, 4) is 5.75 Å². The third-order valence-electron chi connectivity index (χ3n) is 2.08. The van der Waals surface area contributed by atoms with Gasteiger partial charge in [0.15, 0.2) is 0 Å². The highest BCUT2D eigenvalue weighted by Crippen LogP contribution is 2.16. The predicted octanol–water partition coefficient (Wildman–Crippen LogP) is 2.03. The molecular weight excluding hydrogens is 232 g/mol. The fourth-order valence-electron chi connectivity index (χ4n) is 1.49. The zero-order valence-corrected chi connectivity index (χ0v) is 11.0. The van der Waals surface area contributed by atoms with Gasteiger partial charge in [-0.1, -0.05) is 13.8 Å². The van der Waals surface area contributed by atoms with Crippen LogP contribution in [0, 0.1) is 0 Å². The lowest BCUT2D eigenvalue weighted by molar-refractivity contribution is 0.242. The zero-order valence-electron chi connectivity index (χ0n) is 11.0. The van der Waals surface area contributed by atoms with Gasteiger partial charge >= 0.3 is 5.69 Å². The SMILES string of the molecule is CC.CC(C)Oc1ccc2c(=O)[nH]c(=O)[nH]c2c1. The Morgan fingerprint density at radius 1 is 1.11 bits per heavy atom. The van der Waals surface area contributed by atoms with Crippen molar-refractivity contribution in [2.45, 2.75) is 33.8 Å². The van der Waals surface area contributed by atoms with Crippen LogP contribution in [-0.2, 0) is 0 Å². The minimum atomic E-state index is -0.515. The standard InChI is InChI=1S/C11H12N2O3.C2H6/c1-6(2)16-7-3-4-8-9(5-7)12-11(15)13-10(8)14;1-2/h3-6H,1-2H3,(H2,12,13,14,15);1-2H3. The summed E-state index contributed by atoms with van der Waals surface area (Å²) in [5, 5.41) is 0.440. The Labute approximate surface area is 105 Å². The molecule has 2 N–H and O–H groups in total. The van der Waals surface area contributed by atoms with Gasteiger partial charge < -0.3 is 9.72 Å². The van der Waals surface area contributed by atoms with Crippen LogP contribution in [-0.4, -0.2) is 16.1 Å². The van der Waals surface area contributed by atoms with Gasteiger partial charge in [0.2, 0.25) is 0 Å². The molecule has 0 amide bonds. The summed E-state index contributed by atoms with van der Waals surface area (Å²) in [6.07, 6.45) is 0.0474. The Morgan fingerprint density at radius 3 is 2.39 bits per heavy atom. The molecule has 0 aliphatic rings. The van der Waals surface area contributed by atoms with Gasteiger partial charge in [-0.05, 0) is 26.0 Å². The monoisotopic (exact) mass is 250 g/mol. The van der Waals surface area contributed by atoms with Crippen LogP contribution in [0.25, 0.3) is 10.9 Å². The molecule has 0 bridgehead atoms. The minimum Gasteiger partial charge on any atom is -0.491 e. The Kier molecular flexibility index (Phi) is 4.71. The first-order chi connectivity index (χ1) is 8.56. The number of rotatable bonds is 2. The molecule has 0 aliphatic heterocycles. The number of aromatic amines is 2. The molecule has 2 aromatic rings. The molecule has 0 spiro atoms. The Hall–Kier alpha value is -2.04. The predicted molar refractivity (Wildman–Crippen MR) is 72.3 cm³/mol. The number of nitrogens with one attached hydrogen (secondary N) is 2. The van der Waals surface area contributed by atoms with Gasteiger partial charge in [0.05, 0.1) is 17.0 Å². The Morgan fingerprint density at radius 2 is 1.78 bits per heavy atom. The van der Waals surface area contributed by atoms with Crippen molar-refractivity contribution in [1.82, 2.24) is 9.97 Å². The van der Waals surface area contributed by atoms with Crippen LogP contribution in [0.15, 0.2) is 27.8 Å². The van der Waals surface area contributed by atoms with E-state index in [1.165, 1.54) is 0 Å². The Bertz CT molecular complexity index is 626. The molecule has 0 saturated carbocycles. The van der Waals surface area contributed by atoms with E-state index >= 15 is 0 Å². The summed E-state index contributed by atoms with van der Waals surface area (Å²) < 4.78 is 5.47. The lowest BCUT2D eigenvalue weighted by Crippen LogP contribution is -2.21. The lowest BCUT2D eigenvalue weighted by Gasteiger charge is -2.09.